The molecule has 0 saturated carbocycles. The third-order valence-electron chi connectivity index (χ3n) is 2.53. The second kappa shape index (κ2) is 7.37. The molecule has 118 valence electrons. The molecule has 1 rings (SSSR count). The topological polar surface area (TPSA) is 29.5 Å². The summed E-state index contributed by atoms with van der Waals surface area (Å²) in [7, 11) is 0. The summed E-state index contributed by atoms with van der Waals surface area (Å²) in [5.41, 5.74) is 0.372. The van der Waals surface area contributed by atoms with Gasteiger partial charge in [-0.25, -0.2) is 4.79 Å². The summed E-state index contributed by atoms with van der Waals surface area (Å²) in [6, 6.07) is 5.29. The van der Waals surface area contributed by atoms with Gasteiger partial charge in [0.25, 0.3) is 0 Å². The minimum Gasteiger partial charge on any atom is -0.444 e. The number of hydrogen-bond donors (Lipinski definition) is 0. The normalized spacial score (nSPS) is 11.6. The number of hydrogen-bond acceptors (Lipinski definition) is 2. The highest BCUT2D eigenvalue weighted by Crippen LogP contribution is 2.21. The van der Waals surface area contributed by atoms with Gasteiger partial charge < -0.3 is 9.64 Å². The van der Waals surface area contributed by atoms with E-state index in [2.05, 4.69) is 13.8 Å². The third-order valence-corrected chi connectivity index (χ3v) is 2.97. The van der Waals surface area contributed by atoms with E-state index in [-0.39, 0.29) is 6.09 Å². The Bertz CT molecular complexity index is 475. The van der Waals surface area contributed by atoms with Crippen LogP contribution in [0.25, 0.3) is 0 Å². The van der Waals surface area contributed by atoms with Gasteiger partial charge in [0.15, 0.2) is 0 Å². The first-order valence-corrected chi connectivity index (χ1v) is 7.75. The smallest absolute Gasteiger partial charge is 0.410 e. The molecule has 0 aromatic heterocycles. The van der Waals surface area contributed by atoms with Crippen LogP contribution in [-0.2, 0) is 11.3 Å². The second-order valence-corrected chi connectivity index (χ2v) is 7.41. The highest BCUT2D eigenvalue weighted by Gasteiger charge is 2.23. The second-order valence-electron chi connectivity index (χ2n) is 6.53. The molecule has 0 unspecified atom stereocenters. The van der Waals surface area contributed by atoms with E-state index in [1.807, 2.05) is 32.9 Å². The predicted molar refractivity (Wildman–Crippen MR) is 87.9 cm³/mol. The van der Waals surface area contributed by atoms with Crippen molar-refractivity contribution in [2.45, 2.75) is 46.8 Å². The first kappa shape index (κ1) is 18.1. The van der Waals surface area contributed by atoms with Crippen molar-refractivity contribution in [3.05, 3.63) is 33.8 Å². The molecule has 0 N–H and O–H groups in total. The molecular weight excluding hydrogens is 309 g/mol. The molecule has 1 aromatic carbocycles. The zero-order valence-corrected chi connectivity index (χ0v) is 14.8. The zero-order chi connectivity index (χ0) is 16.2. The van der Waals surface area contributed by atoms with Gasteiger partial charge >= 0.3 is 6.09 Å². The van der Waals surface area contributed by atoms with Gasteiger partial charge in [-0.2, -0.15) is 0 Å². The van der Waals surface area contributed by atoms with Crippen LogP contribution in [0.2, 0.25) is 10.0 Å². The largest absolute Gasteiger partial charge is 0.444 e. The van der Waals surface area contributed by atoms with E-state index in [9.17, 15) is 4.79 Å². The Kier molecular flexibility index (Phi) is 6.36. The van der Waals surface area contributed by atoms with Gasteiger partial charge in [-0.05, 0) is 50.5 Å². The molecule has 0 bridgehead atoms. The lowest BCUT2D eigenvalue weighted by molar-refractivity contribution is 0.0211. The Morgan fingerprint density at radius 2 is 1.71 bits per heavy atom. The van der Waals surface area contributed by atoms with E-state index in [0.29, 0.717) is 29.1 Å². The molecule has 5 heteroatoms. The lowest BCUT2D eigenvalue weighted by atomic mass is 10.1. The molecule has 0 atom stereocenters. The molecule has 0 aliphatic heterocycles. The minimum absolute atomic E-state index is 0.327. The van der Waals surface area contributed by atoms with Crippen LogP contribution >= 0.6 is 23.2 Å². The van der Waals surface area contributed by atoms with Crippen molar-refractivity contribution in [2.24, 2.45) is 5.92 Å². The highest BCUT2D eigenvalue weighted by atomic mass is 35.5. The molecular formula is C16H23Cl2NO2. The van der Waals surface area contributed by atoms with Gasteiger partial charge in [0.05, 0.1) is 0 Å². The van der Waals surface area contributed by atoms with Crippen LogP contribution in [-0.4, -0.2) is 23.1 Å². The van der Waals surface area contributed by atoms with Gasteiger partial charge in [0, 0.05) is 23.1 Å². The van der Waals surface area contributed by atoms with Crippen LogP contribution < -0.4 is 0 Å². The fourth-order valence-corrected chi connectivity index (χ4v) is 2.46. The van der Waals surface area contributed by atoms with Crippen molar-refractivity contribution in [1.82, 2.24) is 4.90 Å². The fraction of sp³-hybridized carbons (Fsp3) is 0.562. The number of benzene rings is 1. The zero-order valence-electron chi connectivity index (χ0n) is 13.2. The maximum Gasteiger partial charge on any atom is 0.410 e. The molecule has 3 nitrogen and oxygen atoms in total. The number of halogens is 2. The van der Waals surface area contributed by atoms with Crippen molar-refractivity contribution in [3.63, 3.8) is 0 Å². The first-order valence-electron chi connectivity index (χ1n) is 6.99. The van der Waals surface area contributed by atoms with Crippen LogP contribution in [0.4, 0.5) is 4.79 Å². The van der Waals surface area contributed by atoms with Crippen LogP contribution in [0, 0.1) is 5.92 Å². The van der Waals surface area contributed by atoms with Gasteiger partial charge in [-0.3, -0.25) is 0 Å². The standard InChI is InChI=1S/C16H23Cl2NO2/c1-11(2)9-19(15(20)21-16(3,4)5)10-12-6-13(17)8-14(18)7-12/h6-8,11H,9-10H2,1-5H3. The summed E-state index contributed by atoms with van der Waals surface area (Å²) in [5, 5.41) is 1.12. The minimum atomic E-state index is -0.516. The molecule has 0 saturated heterocycles. The average molecular weight is 332 g/mol. The Morgan fingerprint density at radius 1 is 1.19 bits per heavy atom. The molecule has 1 amide bonds. The van der Waals surface area contributed by atoms with E-state index in [0.717, 1.165) is 5.56 Å². The Hall–Kier alpha value is -0.930. The SMILES string of the molecule is CC(C)CN(Cc1cc(Cl)cc(Cl)c1)C(=O)OC(C)(C)C. The third kappa shape index (κ3) is 7.05. The van der Waals surface area contributed by atoms with Crippen LogP contribution in [0.15, 0.2) is 18.2 Å². The Morgan fingerprint density at radius 3 is 2.14 bits per heavy atom. The summed E-state index contributed by atoms with van der Waals surface area (Å²) in [5.74, 6) is 0.340. The van der Waals surface area contributed by atoms with Crippen LogP contribution in [0.3, 0.4) is 0 Å². The molecule has 0 radical (unpaired) electrons. The molecule has 21 heavy (non-hydrogen) atoms. The summed E-state index contributed by atoms with van der Waals surface area (Å²) >= 11 is 12.0. The van der Waals surface area contributed by atoms with Gasteiger partial charge in [0.1, 0.15) is 5.60 Å². The molecule has 0 heterocycles. The number of nitrogens with zero attached hydrogens (tertiary/aromatic N) is 1. The number of carbonyl (C=O) groups excluding carboxylic acids is 1. The molecule has 1 aromatic rings. The lowest BCUT2D eigenvalue weighted by Crippen LogP contribution is -2.38. The summed E-state index contributed by atoms with van der Waals surface area (Å²) < 4.78 is 5.45. The number of carbonyl (C=O) groups is 1. The van der Waals surface area contributed by atoms with E-state index < -0.39 is 5.60 Å². The maximum absolute atomic E-state index is 12.3. The maximum atomic E-state index is 12.3. The van der Waals surface area contributed by atoms with E-state index in [1.165, 1.54) is 0 Å². The Labute approximate surface area is 137 Å². The molecule has 0 aliphatic rings. The van der Waals surface area contributed by atoms with Crippen molar-refractivity contribution >= 4 is 29.3 Å². The monoisotopic (exact) mass is 331 g/mol. The quantitative estimate of drug-likeness (QED) is 0.740. The lowest BCUT2D eigenvalue weighted by Gasteiger charge is -2.28. The number of rotatable bonds is 4. The highest BCUT2D eigenvalue weighted by molar-refractivity contribution is 6.34. The fourth-order valence-electron chi connectivity index (χ4n) is 1.89. The van der Waals surface area contributed by atoms with E-state index in [4.69, 9.17) is 27.9 Å². The van der Waals surface area contributed by atoms with Crippen molar-refractivity contribution < 1.29 is 9.53 Å². The molecule has 0 fully saturated rings. The average Bonchev–Trinajstić information content (AvgIpc) is 2.23. The van der Waals surface area contributed by atoms with E-state index in [1.54, 1.807) is 11.0 Å². The van der Waals surface area contributed by atoms with Crippen LogP contribution in [0.5, 0.6) is 0 Å². The van der Waals surface area contributed by atoms with Crippen LogP contribution in [0.1, 0.15) is 40.2 Å². The predicted octanol–water partition coefficient (Wildman–Crippen LogP) is 5.39. The summed E-state index contributed by atoms with van der Waals surface area (Å²) in [4.78, 5) is 14.0. The van der Waals surface area contributed by atoms with Gasteiger partial charge in [0.2, 0.25) is 0 Å². The molecule has 0 spiro atoms. The summed E-state index contributed by atoms with van der Waals surface area (Å²) in [6.45, 7) is 10.7. The summed E-state index contributed by atoms with van der Waals surface area (Å²) in [6.07, 6.45) is -0.327. The number of ether oxygens (including phenoxy) is 1. The first-order chi connectivity index (χ1) is 9.56. The van der Waals surface area contributed by atoms with Gasteiger partial charge in [-0.15, -0.1) is 0 Å². The Balaban J connectivity index is 2.89. The van der Waals surface area contributed by atoms with Crippen molar-refractivity contribution in [1.29, 1.82) is 0 Å². The molecule has 0 aliphatic carbocycles. The number of amides is 1. The van der Waals surface area contributed by atoms with E-state index >= 15 is 0 Å². The van der Waals surface area contributed by atoms with Crippen molar-refractivity contribution in [2.75, 3.05) is 6.54 Å². The van der Waals surface area contributed by atoms with Crippen molar-refractivity contribution in [3.8, 4) is 0 Å². The van der Waals surface area contributed by atoms with Gasteiger partial charge in [-0.1, -0.05) is 37.0 Å².